The molecule has 0 fully saturated rings. The second kappa shape index (κ2) is 27.3. The van der Waals surface area contributed by atoms with Gasteiger partial charge in [0.25, 0.3) is 0 Å². The number of hydrogen-bond acceptors (Lipinski definition) is 6. The van der Waals surface area contributed by atoms with Crippen LogP contribution in [0.4, 0.5) is 0 Å². The summed E-state index contributed by atoms with van der Waals surface area (Å²) in [7, 11) is 0. The van der Waals surface area contributed by atoms with E-state index in [0.29, 0.717) is 6.61 Å². The van der Waals surface area contributed by atoms with Crippen LogP contribution in [-0.2, 0) is 30.5 Å². The van der Waals surface area contributed by atoms with E-state index >= 15 is 0 Å². The fourth-order valence-corrected chi connectivity index (χ4v) is 3.78. The van der Waals surface area contributed by atoms with Gasteiger partial charge in [-0.3, -0.25) is 0 Å². The summed E-state index contributed by atoms with van der Waals surface area (Å²) >= 11 is 0. The number of esters is 3. The minimum absolute atomic E-state index is 0.311. The lowest BCUT2D eigenvalue weighted by Gasteiger charge is -2.03. The number of hydrogen-bond donors (Lipinski definition) is 1. The van der Waals surface area contributed by atoms with Gasteiger partial charge in [-0.05, 0) is 18.5 Å². The molecule has 6 nitrogen and oxygen atoms in total. The van der Waals surface area contributed by atoms with Crippen LogP contribution >= 0.6 is 0 Å². The molecule has 0 spiro atoms. The van der Waals surface area contributed by atoms with Crippen LogP contribution in [0.3, 0.4) is 0 Å². The molecule has 38 heavy (non-hydrogen) atoms. The van der Waals surface area contributed by atoms with Gasteiger partial charge in [-0.25, -0.2) is 14.4 Å². The van der Waals surface area contributed by atoms with E-state index < -0.39 is 11.9 Å². The van der Waals surface area contributed by atoms with Gasteiger partial charge in [0.05, 0.1) is 0 Å². The zero-order chi connectivity index (χ0) is 28.1. The van der Waals surface area contributed by atoms with E-state index in [1.165, 1.54) is 103 Å². The van der Waals surface area contributed by atoms with Crippen LogP contribution in [0.1, 0.15) is 115 Å². The summed E-state index contributed by atoms with van der Waals surface area (Å²) in [6.07, 6.45) is 26.2. The minimum atomic E-state index is -0.579. The number of nitrogens with two attached hydrogens (primary N) is 1. The standard InChI is InChI=1S/C18H39N.C10H10O2.C4H2O3/c1-2-3-4-5-6-7-8-9-10-11-12-13-14-15-16-17-18-19;1-2-10(11)12-8-9-6-4-3-5-7-9;5-3-1-2-4(6)7-3/h2-19H2,1H3;2-7H,1,8H2;1-2H. The van der Waals surface area contributed by atoms with Gasteiger partial charge >= 0.3 is 17.9 Å². The van der Waals surface area contributed by atoms with Crippen molar-refractivity contribution in [1.82, 2.24) is 0 Å². The van der Waals surface area contributed by atoms with E-state index in [2.05, 4.69) is 18.2 Å². The van der Waals surface area contributed by atoms with Crippen molar-refractivity contribution in [2.45, 2.75) is 116 Å². The summed E-state index contributed by atoms with van der Waals surface area (Å²) in [6, 6.07) is 9.51. The number of benzene rings is 1. The second-order valence-electron chi connectivity index (χ2n) is 9.46. The first kappa shape index (κ1) is 35.3. The zero-order valence-electron chi connectivity index (χ0n) is 23.7. The van der Waals surface area contributed by atoms with Crippen molar-refractivity contribution >= 4 is 17.9 Å². The van der Waals surface area contributed by atoms with Crippen LogP contribution in [0.5, 0.6) is 0 Å². The summed E-state index contributed by atoms with van der Waals surface area (Å²) in [6.45, 7) is 6.77. The smallest absolute Gasteiger partial charge is 0.338 e. The molecular formula is C32H51NO5. The van der Waals surface area contributed by atoms with E-state index in [4.69, 9.17) is 10.5 Å². The lowest BCUT2D eigenvalue weighted by molar-refractivity contribution is -0.150. The molecule has 0 saturated heterocycles. The van der Waals surface area contributed by atoms with Gasteiger partial charge < -0.3 is 15.2 Å². The quantitative estimate of drug-likeness (QED) is 0.0852. The molecule has 1 aromatic carbocycles. The highest BCUT2D eigenvalue weighted by molar-refractivity contribution is 6.04. The van der Waals surface area contributed by atoms with E-state index in [9.17, 15) is 14.4 Å². The molecule has 0 unspecified atom stereocenters. The fraction of sp³-hybridized carbons (Fsp3) is 0.594. The third-order valence-electron chi connectivity index (χ3n) is 6.00. The van der Waals surface area contributed by atoms with Gasteiger partial charge in [0, 0.05) is 18.2 Å². The molecule has 0 atom stereocenters. The Hall–Kier alpha value is -2.73. The fourth-order valence-electron chi connectivity index (χ4n) is 3.78. The Labute approximate surface area is 231 Å². The third-order valence-corrected chi connectivity index (χ3v) is 6.00. The summed E-state index contributed by atoms with van der Waals surface area (Å²) in [4.78, 5) is 30.5. The first-order valence-electron chi connectivity index (χ1n) is 14.5. The number of ether oxygens (including phenoxy) is 2. The molecule has 1 aliphatic heterocycles. The molecule has 1 aliphatic rings. The molecule has 0 amide bonds. The first-order valence-corrected chi connectivity index (χ1v) is 14.5. The molecule has 0 bridgehead atoms. The maximum Gasteiger partial charge on any atom is 0.338 e. The molecular weight excluding hydrogens is 478 g/mol. The van der Waals surface area contributed by atoms with Crippen molar-refractivity contribution in [2.24, 2.45) is 5.73 Å². The maximum atomic E-state index is 10.6. The highest BCUT2D eigenvalue weighted by atomic mass is 16.6. The van der Waals surface area contributed by atoms with Crippen molar-refractivity contribution in [2.75, 3.05) is 6.54 Å². The van der Waals surface area contributed by atoms with Crippen molar-refractivity contribution in [3.8, 4) is 0 Å². The van der Waals surface area contributed by atoms with E-state index in [1.807, 2.05) is 30.3 Å². The number of carbonyl (C=O) groups is 3. The minimum Gasteiger partial charge on any atom is -0.458 e. The Balaban J connectivity index is 0.000000605. The van der Waals surface area contributed by atoms with Gasteiger partial charge in [-0.1, -0.05) is 140 Å². The van der Waals surface area contributed by atoms with Crippen LogP contribution in [0.15, 0.2) is 55.1 Å². The molecule has 2 N–H and O–H groups in total. The van der Waals surface area contributed by atoms with E-state index in [-0.39, 0.29) is 5.97 Å². The number of unbranched alkanes of at least 4 members (excludes halogenated alkanes) is 15. The number of carbonyl (C=O) groups excluding carboxylic acids is 3. The first-order chi connectivity index (χ1) is 18.5. The summed E-state index contributed by atoms with van der Waals surface area (Å²) < 4.78 is 8.79. The average molecular weight is 530 g/mol. The van der Waals surface area contributed by atoms with Crippen molar-refractivity contribution in [3.63, 3.8) is 0 Å². The van der Waals surface area contributed by atoms with Gasteiger partial charge in [-0.2, -0.15) is 0 Å². The lowest BCUT2D eigenvalue weighted by Crippen LogP contribution is -1.99. The van der Waals surface area contributed by atoms with Gasteiger partial charge in [-0.15, -0.1) is 0 Å². The van der Waals surface area contributed by atoms with Crippen LogP contribution in [0.25, 0.3) is 0 Å². The molecule has 1 aromatic rings. The number of rotatable bonds is 19. The molecule has 2 rings (SSSR count). The molecule has 0 saturated carbocycles. The summed E-state index contributed by atoms with van der Waals surface area (Å²) in [5, 5.41) is 0. The normalized spacial score (nSPS) is 11.6. The molecule has 0 aromatic heterocycles. The Kier molecular flexibility index (Phi) is 25.3. The van der Waals surface area contributed by atoms with Crippen molar-refractivity contribution < 1.29 is 23.9 Å². The van der Waals surface area contributed by atoms with Crippen LogP contribution in [0, 0.1) is 0 Å². The zero-order valence-corrected chi connectivity index (χ0v) is 23.7. The number of cyclic esters (lactones) is 2. The Morgan fingerprint density at radius 3 is 1.53 bits per heavy atom. The molecule has 214 valence electrons. The van der Waals surface area contributed by atoms with Crippen LogP contribution in [-0.4, -0.2) is 24.5 Å². The predicted molar refractivity (Wildman–Crippen MR) is 155 cm³/mol. The molecule has 0 radical (unpaired) electrons. The third kappa shape index (κ3) is 24.9. The average Bonchev–Trinajstić information content (AvgIpc) is 3.33. The molecule has 0 aliphatic carbocycles. The Bertz CT molecular complexity index is 728. The van der Waals surface area contributed by atoms with Crippen molar-refractivity contribution in [1.29, 1.82) is 0 Å². The van der Waals surface area contributed by atoms with Crippen LogP contribution in [0.2, 0.25) is 0 Å². The highest BCUT2D eigenvalue weighted by Gasteiger charge is 2.10. The predicted octanol–water partition coefficient (Wildman–Crippen LogP) is 7.75. The SMILES string of the molecule is C=CC(=O)OCc1ccccc1.CCCCCCCCCCCCCCCCCCN.O=C1C=CC(=O)O1. The maximum absolute atomic E-state index is 10.6. The summed E-state index contributed by atoms with van der Waals surface area (Å²) in [5.41, 5.74) is 6.46. The van der Waals surface area contributed by atoms with Crippen molar-refractivity contribution in [3.05, 3.63) is 60.7 Å². The topological polar surface area (TPSA) is 95.7 Å². The highest BCUT2D eigenvalue weighted by Crippen LogP contribution is 2.13. The van der Waals surface area contributed by atoms with Gasteiger partial charge in [0.1, 0.15) is 6.61 Å². The van der Waals surface area contributed by atoms with Gasteiger partial charge in [0.2, 0.25) is 0 Å². The monoisotopic (exact) mass is 529 g/mol. The summed E-state index contributed by atoms with van der Waals surface area (Å²) in [5.74, 6) is -1.55. The lowest BCUT2D eigenvalue weighted by atomic mass is 10.0. The molecule has 6 heteroatoms. The Morgan fingerprint density at radius 2 is 1.18 bits per heavy atom. The largest absolute Gasteiger partial charge is 0.458 e. The van der Waals surface area contributed by atoms with Crippen LogP contribution < -0.4 is 5.73 Å². The molecule has 1 heterocycles. The van der Waals surface area contributed by atoms with E-state index in [1.54, 1.807) is 0 Å². The Morgan fingerprint density at radius 1 is 0.763 bits per heavy atom. The van der Waals surface area contributed by atoms with E-state index in [0.717, 1.165) is 30.3 Å². The van der Waals surface area contributed by atoms with Gasteiger partial charge in [0.15, 0.2) is 0 Å². The second-order valence-corrected chi connectivity index (χ2v) is 9.46.